The standard InChI is InChI=1S/C11H14BrClN2O3S/c1-7(2)15-11(16)6-14-19(17,18)10-4-3-8(12)5-9(10)13/h3-5,7,14H,6H2,1-2H3,(H,15,16). The van der Waals surface area contributed by atoms with Crippen LogP contribution in [0.2, 0.25) is 5.02 Å². The number of hydrogen-bond donors (Lipinski definition) is 2. The maximum Gasteiger partial charge on any atom is 0.242 e. The van der Waals surface area contributed by atoms with Gasteiger partial charge in [-0.05, 0) is 32.0 Å². The first-order valence-corrected chi connectivity index (χ1v) is 8.12. The summed E-state index contributed by atoms with van der Waals surface area (Å²) in [7, 11) is -3.80. The molecule has 8 heteroatoms. The lowest BCUT2D eigenvalue weighted by atomic mass is 10.4. The molecule has 1 aromatic carbocycles. The predicted molar refractivity (Wildman–Crippen MR) is 77.6 cm³/mol. The largest absolute Gasteiger partial charge is 0.353 e. The lowest BCUT2D eigenvalue weighted by Crippen LogP contribution is -2.39. The molecule has 2 N–H and O–H groups in total. The lowest BCUT2D eigenvalue weighted by molar-refractivity contribution is -0.120. The summed E-state index contributed by atoms with van der Waals surface area (Å²) in [6, 6.07) is 4.36. The van der Waals surface area contributed by atoms with Gasteiger partial charge < -0.3 is 5.32 Å². The summed E-state index contributed by atoms with van der Waals surface area (Å²) >= 11 is 9.05. The molecule has 5 nitrogen and oxygen atoms in total. The Labute approximate surface area is 125 Å². The van der Waals surface area contributed by atoms with Crippen molar-refractivity contribution in [2.24, 2.45) is 0 Å². The molecule has 106 valence electrons. The number of hydrogen-bond acceptors (Lipinski definition) is 3. The van der Waals surface area contributed by atoms with Crippen LogP contribution in [0, 0.1) is 0 Å². The molecule has 0 aliphatic carbocycles. The fourth-order valence-electron chi connectivity index (χ4n) is 1.30. The molecule has 0 aliphatic heterocycles. The highest BCUT2D eigenvalue weighted by Gasteiger charge is 2.19. The molecule has 0 aromatic heterocycles. The monoisotopic (exact) mass is 368 g/mol. The maximum atomic E-state index is 12.0. The molecule has 0 heterocycles. The Kier molecular flexibility index (Phi) is 5.79. The van der Waals surface area contributed by atoms with Gasteiger partial charge in [-0.25, -0.2) is 13.1 Å². The van der Waals surface area contributed by atoms with Gasteiger partial charge in [-0.2, -0.15) is 0 Å². The van der Waals surface area contributed by atoms with Crippen LogP contribution < -0.4 is 10.0 Å². The van der Waals surface area contributed by atoms with E-state index in [0.29, 0.717) is 4.47 Å². The Morgan fingerprint density at radius 2 is 2.05 bits per heavy atom. The highest BCUT2D eigenvalue weighted by atomic mass is 79.9. The summed E-state index contributed by atoms with van der Waals surface area (Å²) in [5, 5.41) is 2.67. The molecule has 0 unspecified atom stereocenters. The highest BCUT2D eigenvalue weighted by molar-refractivity contribution is 9.10. The topological polar surface area (TPSA) is 75.3 Å². The third-order valence-corrected chi connectivity index (χ3v) is 4.43. The van der Waals surface area contributed by atoms with Gasteiger partial charge in [0.25, 0.3) is 0 Å². The lowest BCUT2D eigenvalue weighted by Gasteiger charge is -2.10. The van der Waals surface area contributed by atoms with E-state index in [1.54, 1.807) is 19.9 Å². The summed E-state index contributed by atoms with van der Waals surface area (Å²) < 4.78 is 26.8. The first-order valence-electron chi connectivity index (χ1n) is 5.46. The van der Waals surface area contributed by atoms with Crippen molar-refractivity contribution in [3.63, 3.8) is 0 Å². The quantitative estimate of drug-likeness (QED) is 0.832. The number of sulfonamides is 1. The fourth-order valence-corrected chi connectivity index (χ4v) is 3.32. The van der Waals surface area contributed by atoms with Crippen LogP contribution in [0.3, 0.4) is 0 Å². The smallest absolute Gasteiger partial charge is 0.242 e. The van der Waals surface area contributed by atoms with E-state index in [0.717, 1.165) is 0 Å². The van der Waals surface area contributed by atoms with Crippen molar-refractivity contribution in [3.8, 4) is 0 Å². The van der Waals surface area contributed by atoms with E-state index in [1.807, 2.05) is 0 Å². The van der Waals surface area contributed by atoms with Gasteiger partial charge in [0, 0.05) is 10.5 Å². The average Bonchev–Trinajstić information content (AvgIpc) is 2.25. The molecule has 1 amide bonds. The molecule has 0 saturated carbocycles. The Hall–Kier alpha value is -0.630. The molecular weight excluding hydrogens is 356 g/mol. The molecule has 0 saturated heterocycles. The van der Waals surface area contributed by atoms with Gasteiger partial charge in [0.05, 0.1) is 11.6 Å². The first-order chi connectivity index (χ1) is 8.72. The molecule has 0 spiro atoms. The van der Waals surface area contributed by atoms with Crippen LogP contribution in [0.15, 0.2) is 27.6 Å². The van der Waals surface area contributed by atoms with E-state index in [9.17, 15) is 13.2 Å². The van der Waals surface area contributed by atoms with Crippen LogP contribution in [0.5, 0.6) is 0 Å². The maximum absolute atomic E-state index is 12.0. The molecule has 1 aromatic rings. The van der Waals surface area contributed by atoms with Crippen molar-refractivity contribution in [1.29, 1.82) is 0 Å². The predicted octanol–water partition coefficient (Wildman–Crippen LogP) is 1.91. The second kappa shape index (κ2) is 6.69. The van der Waals surface area contributed by atoms with Crippen molar-refractivity contribution in [3.05, 3.63) is 27.7 Å². The van der Waals surface area contributed by atoms with Crippen LogP contribution in [0.1, 0.15) is 13.8 Å². The molecule has 19 heavy (non-hydrogen) atoms. The fraction of sp³-hybridized carbons (Fsp3) is 0.364. The zero-order chi connectivity index (χ0) is 14.6. The van der Waals surface area contributed by atoms with Crippen LogP contribution in [-0.2, 0) is 14.8 Å². The number of carbonyl (C=O) groups is 1. The van der Waals surface area contributed by atoms with Gasteiger partial charge in [0.2, 0.25) is 15.9 Å². The second-order valence-electron chi connectivity index (χ2n) is 4.12. The van der Waals surface area contributed by atoms with Crippen molar-refractivity contribution >= 4 is 43.5 Å². The second-order valence-corrected chi connectivity index (χ2v) is 7.18. The molecule has 0 atom stereocenters. The molecule has 0 radical (unpaired) electrons. The minimum atomic E-state index is -3.80. The number of nitrogens with one attached hydrogen (secondary N) is 2. The Bertz CT molecular complexity index is 575. The number of amides is 1. The van der Waals surface area contributed by atoms with Crippen LogP contribution in [0.4, 0.5) is 0 Å². The summed E-state index contributed by atoms with van der Waals surface area (Å²) in [5.41, 5.74) is 0. The Morgan fingerprint density at radius 3 is 2.58 bits per heavy atom. The summed E-state index contributed by atoms with van der Waals surface area (Å²) in [4.78, 5) is 11.3. The minimum absolute atomic E-state index is 0.0479. The van der Waals surface area contributed by atoms with Gasteiger partial charge in [-0.3, -0.25) is 4.79 Å². The summed E-state index contributed by atoms with van der Waals surface area (Å²) in [6.45, 7) is 3.25. The third kappa shape index (κ3) is 5.10. The number of benzene rings is 1. The SMILES string of the molecule is CC(C)NC(=O)CNS(=O)(=O)c1ccc(Br)cc1Cl. The van der Waals surface area contributed by atoms with Gasteiger partial charge in [0.1, 0.15) is 4.90 Å². The zero-order valence-electron chi connectivity index (χ0n) is 10.4. The number of rotatable bonds is 5. The third-order valence-electron chi connectivity index (χ3n) is 2.06. The van der Waals surface area contributed by atoms with Gasteiger partial charge in [0.15, 0.2) is 0 Å². The van der Waals surface area contributed by atoms with E-state index in [-0.39, 0.29) is 22.5 Å². The van der Waals surface area contributed by atoms with Gasteiger partial charge in [-0.1, -0.05) is 27.5 Å². The van der Waals surface area contributed by atoms with Gasteiger partial charge >= 0.3 is 0 Å². The minimum Gasteiger partial charge on any atom is -0.353 e. The number of halogens is 2. The van der Waals surface area contributed by atoms with E-state index in [4.69, 9.17) is 11.6 Å². The van der Waals surface area contributed by atoms with Crippen molar-refractivity contribution in [2.75, 3.05) is 6.54 Å². The van der Waals surface area contributed by atoms with E-state index >= 15 is 0 Å². The summed E-state index contributed by atoms with van der Waals surface area (Å²) in [5.74, 6) is -0.396. The Morgan fingerprint density at radius 1 is 1.42 bits per heavy atom. The van der Waals surface area contributed by atoms with Crippen LogP contribution >= 0.6 is 27.5 Å². The van der Waals surface area contributed by atoms with Crippen molar-refractivity contribution in [1.82, 2.24) is 10.0 Å². The Balaban J connectivity index is 2.79. The first kappa shape index (κ1) is 16.4. The zero-order valence-corrected chi connectivity index (χ0v) is 13.6. The van der Waals surface area contributed by atoms with Crippen molar-refractivity contribution in [2.45, 2.75) is 24.8 Å². The molecular formula is C11H14BrClN2O3S. The highest BCUT2D eigenvalue weighted by Crippen LogP contribution is 2.24. The van der Waals surface area contributed by atoms with E-state index in [1.165, 1.54) is 12.1 Å². The normalized spacial score (nSPS) is 11.6. The number of carbonyl (C=O) groups excluding carboxylic acids is 1. The van der Waals surface area contributed by atoms with E-state index in [2.05, 4.69) is 26.0 Å². The summed E-state index contributed by atoms with van der Waals surface area (Å²) in [6.07, 6.45) is 0. The molecule has 0 fully saturated rings. The average molecular weight is 370 g/mol. The van der Waals surface area contributed by atoms with E-state index < -0.39 is 15.9 Å². The van der Waals surface area contributed by atoms with Crippen molar-refractivity contribution < 1.29 is 13.2 Å². The van der Waals surface area contributed by atoms with Crippen LogP contribution in [-0.4, -0.2) is 26.9 Å². The van der Waals surface area contributed by atoms with Crippen LogP contribution in [0.25, 0.3) is 0 Å². The molecule has 1 rings (SSSR count). The molecule has 0 bridgehead atoms. The molecule has 0 aliphatic rings. The van der Waals surface area contributed by atoms with Gasteiger partial charge in [-0.15, -0.1) is 0 Å².